The van der Waals surface area contributed by atoms with Gasteiger partial charge in [0.2, 0.25) is 5.91 Å². The molecule has 0 aromatic carbocycles. The minimum absolute atomic E-state index is 0.199. The first kappa shape index (κ1) is 9.54. The number of amides is 1. The zero-order valence-corrected chi connectivity index (χ0v) is 8.54. The molecule has 1 aromatic heterocycles. The first-order valence-corrected chi connectivity index (χ1v) is 5.23. The largest absolute Gasteiger partial charge is 0.369 e. The molecule has 0 fully saturated rings. The summed E-state index contributed by atoms with van der Waals surface area (Å²) in [6, 6.07) is 0. The maximum Gasteiger partial charge on any atom is 0.230 e. The van der Waals surface area contributed by atoms with E-state index < -0.39 is 0 Å². The van der Waals surface area contributed by atoms with Gasteiger partial charge in [-0.1, -0.05) is 11.8 Å². The lowest BCUT2D eigenvalue weighted by molar-refractivity contribution is -0.117. The van der Waals surface area contributed by atoms with Crippen molar-refractivity contribution in [3.63, 3.8) is 0 Å². The summed E-state index contributed by atoms with van der Waals surface area (Å²) in [5.41, 5.74) is 6.09. The minimum atomic E-state index is -0.298. The van der Waals surface area contributed by atoms with E-state index in [0.29, 0.717) is 0 Å². The van der Waals surface area contributed by atoms with E-state index in [0.717, 1.165) is 10.0 Å². The van der Waals surface area contributed by atoms with Gasteiger partial charge in [-0.25, -0.2) is 4.98 Å². The number of rotatable bonds is 3. The molecule has 0 bridgehead atoms. The van der Waals surface area contributed by atoms with E-state index in [4.69, 9.17) is 5.73 Å². The Morgan fingerprint density at radius 1 is 1.83 bits per heavy atom. The lowest BCUT2D eigenvalue weighted by atomic mass is 10.5. The summed E-state index contributed by atoms with van der Waals surface area (Å²) >= 11 is 2.94. The molecule has 0 aliphatic carbocycles. The predicted molar refractivity (Wildman–Crippen MR) is 51.4 cm³/mol. The molecular formula is C7H10N2OS2. The Bertz CT molecular complexity index is 285. The van der Waals surface area contributed by atoms with Crippen LogP contribution in [0.1, 0.15) is 12.6 Å². The van der Waals surface area contributed by atoms with E-state index in [1.54, 1.807) is 6.92 Å². The van der Waals surface area contributed by atoms with Crippen LogP contribution in [0.25, 0.3) is 0 Å². The van der Waals surface area contributed by atoms with Crippen LogP contribution >= 0.6 is 23.1 Å². The fourth-order valence-electron chi connectivity index (χ4n) is 0.596. The highest BCUT2D eigenvalue weighted by Gasteiger charge is 2.11. The van der Waals surface area contributed by atoms with Gasteiger partial charge in [-0.15, -0.1) is 11.3 Å². The summed E-state index contributed by atoms with van der Waals surface area (Å²) in [5, 5.41) is 1.76. The summed E-state index contributed by atoms with van der Waals surface area (Å²) in [6.07, 6.45) is 0. The van der Waals surface area contributed by atoms with Gasteiger partial charge in [0.1, 0.15) is 0 Å². The molecule has 1 heterocycles. The van der Waals surface area contributed by atoms with Crippen molar-refractivity contribution in [2.75, 3.05) is 0 Å². The van der Waals surface area contributed by atoms with Crippen molar-refractivity contribution in [3.8, 4) is 0 Å². The van der Waals surface area contributed by atoms with Crippen molar-refractivity contribution in [3.05, 3.63) is 11.1 Å². The van der Waals surface area contributed by atoms with Crippen molar-refractivity contribution in [2.45, 2.75) is 23.4 Å². The van der Waals surface area contributed by atoms with E-state index in [1.807, 2.05) is 12.3 Å². The molecule has 0 aliphatic heterocycles. The first-order chi connectivity index (χ1) is 5.59. The number of thiazole rings is 1. The number of hydrogen-bond acceptors (Lipinski definition) is 4. The summed E-state index contributed by atoms with van der Waals surface area (Å²) < 4.78 is 0.902. The van der Waals surface area contributed by atoms with Crippen molar-refractivity contribution < 1.29 is 4.79 Å². The van der Waals surface area contributed by atoms with E-state index in [9.17, 15) is 4.79 Å². The van der Waals surface area contributed by atoms with Gasteiger partial charge in [-0.3, -0.25) is 4.79 Å². The number of primary amides is 1. The lowest BCUT2D eigenvalue weighted by Gasteiger charge is -2.01. The molecule has 12 heavy (non-hydrogen) atoms. The fraction of sp³-hybridized carbons (Fsp3) is 0.429. The van der Waals surface area contributed by atoms with Crippen molar-refractivity contribution in [1.29, 1.82) is 0 Å². The number of nitrogens with zero attached hydrogens (tertiary/aromatic N) is 1. The normalized spacial score (nSPS) is 12.8. The molecule has 1 amide bonds. The average molecular weight is 202 g/mol. The highest BCUT2D eigenvalue weighted by Crippen LogP contribution is 2.25. The Morgan fingerprint density at radius 2 is 2.50 bits per heavy atom. The zero-order chi connectivity index (χ0) is 9.14. The van der Waals surface area contributed by atoms with Crippen LogP contribution in [-0.2, 0) is 4.79 Å². The number of nitrogens with two attached hydrogens (primary N) is 1. The molecule has 0 saturated heterocycles. The third-order valence-electron chi connectivity index (χ3n) is 1.28. The van der Waals surface area contributed by atoms with Gasteiger partial charge in [0.05, 0.1) is 5.25 Å². The van der Waals surface area contributed by atoms with Crippen LogP contribution in [0.5, 0.6) is 0 Å². The van der Waals surface area contributed by atoms with Crippen molar-refractivity contribution in [2.24, 2.45) is 5.73 Å². The Hall–Kier alpha value is -0.550. The standard InChI is InChI=1S/C7H10N2OS2/c1-4-3-11-7(9-4)12-5(2)6(8)10/h3,5H,1-2H3,(H2,8,10)/t5-/m0/s1. The summed E-state index contributed by atoms with van der Waals surface area (Å²) in [5.74, 6) is -0.298. The van der Waals surface area contributed by atoms with Crippen LogP contribution in [0, 0.1) is 6.92 Å². The quantitative estimate of drug-likeness (QED) is 0.754. The molecule has 1 aromatic rings. The molecule has 5 heteroatoms. The van der Waals surface area contributed by atoms with E-state index in [1.165, 1.54) is 23.1 Å². The zero-order valence-electron chi connectivity index (χ0n) is 6.90. The van der Waals surface area contributed by atoms with Gasteiger partial charge in [0.25, 0.3) is 0 Å². The second kappa shape index (κ2) is 3.91. The SMILES string of the molecule is Cc1csc(S[C@@H](C)C(N)=O)n1. The molecule has 2 N–H and O–H groups in total. The maximum absolute atomic E-state index is 10.7. The molecule has 66 valence electrons. The van der Waals surface area contributed by atoms with Crippen LogP contribution in [-0.4, -0.2) is 16.1 Å². The summed E-state index contributed by atoms with van der Waals surface area (Å²) in [6.45, 7) is 3.71. The van der Waals surface area contributed by atoms with Gasteiger partial charge in [-0.05, 0) is 13.8 Å². The predicted octanol–water partition coefficient (Wildman–Crippen LogP) is 1.42. The van der Waals surface area contributed by atoms with Crippen LogP contribution in [0.3, 0.4) is 0 Å². The molecule has 1 atom stereocenters. The number of aromatic nitrogens is 1. The Balaban J connectivity index is 2.58. The van der Waals surface area contributed by atoms with E-state index in [2.05, 4.69) is 4.98 Å². The topological polar surface area (TPSA) is 56.0 Å². The van der Waals surface area contributed by atoms with E-state index in [-0.39, 0.29) is 11.2 Å². The molecule has 3 nitrogen and oxygen atoms in total. The third-order valence-corrected chi connectivity index (χ3v) is 3.48. The highest BCUT2D eigenvalue weighted by atomic mass is 32.2. The number of thioether (sulfide) groups is 1. The molecule has 0 radical (unpaired) electrons. The van der Waals surface area contributed by atoms with Crippen LogP contribution < -0.4 is 5.73 Å². The highest BCUT2D eigenvalue weighted by molar-refractivity contribution is 8.02. The third kappa shape index (κ3) is 2.49. The Morgan fingerprint density at radius 3 is 2.92 bits per heavy atom. The van der Waals surface area contributed by atoms with Crippen LogP contribution in [0.2, 0.25) is 0 Å². The van der Waals surface area contributed by atoms with Gasteiger partial charge in [0, 0.05) is 11.1 Å². The second-order valence-electron chi connectivity index (χ2n) is 2.42. The Labute approximate surface area is 79.4 Å². The summed E-state index contributed by atoms with van der Waals surface area (Å²) in [4.78, 5) is 14.9. The number of carbonyl (C=O) groups excluding carboxylic acids is 1. The number of aryl methyl sites for hydroxylation is 1. The monoisotopic (exact) mass is 202 g/mol. The molecule has 0 aliphatic rings. The minimum Gasteiger partial charge on any atom is -0.369 e. The second-order valence-corrected chi connectivity index (χ2v) is 4.86. The van der Waals surface area contributed by atoms with Gasteiger partial charge >= 0.3 is 0 Å². The molecule has 0 saturated carbocycles. The lowest BCUT2D eigenvalue weighted by Crippen LogP contribution is -2.22. The van der Waals surface area contributed by atoms with E-state index >= 15 is 0 Å². The number of carbonyl (C=O) groups is 1. The van der Waals surface area contributed by atoms with Crippen LogP contribution in [0.4, 0.5) is 0 Å². The average Bonchev–Trinajstić information content (AvgIpc) is 2.35. The molecule has 0 spiro atoms. The molecular weight excluding hydrogens is 192 g/mol. The molecule has 1 rings (SSSR count). The van der Waals surface area contributed by atoms with Crippen LogP contribution in [0.15, 0.2) is 9.72 Å². The molecule has 0 unspecified atom stereocenters. The fourth-order valence-corrected chi connectivity index (χ4v) is 2.53. The summed E-state index contributed by atoms with van der Waals surface area (Å²) in [7, 11) is 0. The van der Waals surface area contributed by atoms with Crippen molar-refractivity contribution in [1.82, 2.24) is 4.98 Å². The Kier molecular flexibility index (Phi) is 3.11. The number of hydrogen-bond donors (Lipinski definition) is 1. The van der Waals surface area contributed by atoms with Crippen molar-refractivity contribution >= 4 is 29.0 Å². The maximum atomic E-state index is 10.7. The van der Waals surface area contributed by atoms with Gasteiger partial charge < -0.3 is 5.73 Å². The van der Waals surface area contributed by atoms with Gasteiger partial charge in [-0.2, -0.15) is 0 Å². The first-order valence-electron chi connectivity index (χ1n) is 3.47. The van der Waals surface area contributed by atoms with Gasteiger partial charge in [0.15, 0.2) is 4.34 Å². The smallest absolute Gasteiger partial charge is 0.230 e.